The minimum atomic E-state index is -0.601. The van der Waals surface area contributed by atoms with Gasteiger partial charge in [0.05, 0.1) is 36.0 Å². The van der Waals surface area contributed by atoms with Crippen LogP contribution in [0.3, 0.4) is 0 Å². The molecule has 22 heavy (non-hydrogen) atoms. The van der Waals surface area contributed by atoms with Crippen LogP contribution in [-0.4, -0.2) is 49.8 Å². The molecule has 0 aliphatic carbocycles. The molecule has 0 radical (unpaired) electrons. The van der Waals surface area contributed by atoms with Crippen LogP contribution in [0.4, 0.5) is 11.4 Å². The van der Waals surface area contributed by atoms with Crippen LogP contribution < -0.4 is 10.2 Å². The number of alkyl halides is 1. The van der Waals surface area contributed by atoms with Crippen LogP contribution >= 0.6 is 11.6 Å². The highest BCUT2D eigenvalue weighted by atomic mass is 35.5. The molecule has 1 unspecified atom stereocenters. The zero-order valence-corrected chi connectivity index (χ0v) is 13.6. The molecule has 1 aliphatic heterocycles. The van der Waals surface area contributed by atoms with Gasteiger partial charge >= 0.3 is 5.97 Å². The number of nitrogens with zero attached hydrogens (tertiary/aromatic N) is 1. The normalized spacial score (nSPS) is 16.2. The highest BCUT2D eigenvalue weighted by molar-refractivity contribution is 6.18. The summed E-state index contributed by atoms with van der Waals surface area (Å²) in [5, 5.41) is 12.8. The van der Waals surface area contributed by atoms with Gasteiger partial charge in [0.25, 0.3) is 0 Å². The Hall–Kier alpha value is -1.46. The van der Waals surface area contributed by atoms with Gasteiger partial charge in [-0.3, -0.25) is 0 Å². The van der Waals surface area contributed by atoms with Gasteiger partial charge in [0.1, 0.15) is 0 Å². The Morgan fingerprint density at radius 3 is 2.77 bits per heavy atom. The lowest BCUT2D eigenvalue weighted by atomic mass is 10.1. The van der Waals surface area contributed by atoms with Gasteiger partial charge in [-0.25, -0.2) is 4.79 Å². The maximum absolute atomic E-state index is 11.8. The van der Waals surface area contributed by atoms with E-state index in [1.54, 1.807) is 6.07 Å². The number of carbonyl (C=O) groups excluding carboxylic acids is 1. The summed E-state index contributed by atoms with van der Waals surface area (Å²) in [6, 6.07) is 5.44. The van der Waals surface area contributed by atoms with E-state index in [-0.39, 0.29) is 11.8 Å². The zero-order chi connectivity index (χ0) is 15.9. The maximum atomic E-state index is 11.8. The Balaban J connectivity index is 2.24. The summed E-state index contributed by atoms with van der Waals surface area (Å²) >= 11 is 5.63. The Kier molecular flexibility index (Phi) is 6.34. The smallest absolute Gasteiger partial charge is 0.337 e. The van der Waals surface area contributed by atoms with E-state index in [0.717, 1.165) is 37.3 Å². The first-order valence-electron chi connectivity index (χ1n) is 7.61. The third-order valence-electron chi connectivity index (χ3n) is 3.82. The zero-order valence-electron chi connectivity index (χ0n) is 12.8. The quantitative estimate of drug-likeness (QED) is 0.621. The molecule has 122 valence electrons. The molecule has 0 saturated carbocycles. The molecule has 1 aliphatic rings. The number of halogens is 1. The van der Waals surface area contributed by atoms with Gasteiger partial charge in [0.15, 0.2) is 0 Å². The average molecular weight is 327 g/mol. The topological polar surface area (TPSA) is 61.8 Å². The first-order valence-corrected chi connectivity index (χ1v) is 8.14. The molecule has 0 bridgehead atoms. The van der Waals surface area contributed by atoms with Gasteiger partial charge in [-0.15, -0.1) is 11.6 Å². The Morgan fingerprint density at radius 1 is 1.41 bits per heavy atom. The van der Waals surface area contributed by atoms with E-state index in [2.05, 4.69) is 10.2 Å². The SMILES string of the molecule is COC(=O)c1ccc(NCC(O)CCl)c(N2CCCCC2)c1. The summed E-state index contributed by atoms with van der Waals surface area (Å²) in [7, 11) is 1.38. The minimum absolute atomic E-state index is 0.187. The van der Waals surface area contributed by atoms with Crippen LogP contribution in [0.1, 0.15) is 29.6 Å². The Morgan fingerprint density at radius 2 is 2.14 bits per heavy atom. The molecule has 0 spiro atoms. The van der Waals surface area contributed by atoms with Crippen molar-refractivity contribution in [1.82, 2.24) is 0 Å². The number of nitrogens with one attached hydrogen (secondary N) is 1. The van der Waals surface area contributed by atoms with E-state index in [4.69, 9.17) is 16.3 Å². The van der Waals surface area contributed by atoms with Crippen LogP contribution in [0.15, 0.2) is 18.2 Å². The highest BCUT2D eigenvalue weighted by Crippen LogP contribution is 2.30. The van der Waals surface area contributed by atoms with Crippen LogP contribution in [0.2, 0.25) is 0 Å². The van der Waals surface area contributed by atoms with Crippen molar-refractivity contribution < 1.29 is 14.6 Å². The van der Waals surface area contributed by atoms with Crippen molar-refractivity contribution in [3.05, 3.63) is 23.8 Å². The summed E-state index contributed by atoms with van der Waals surface area (Å²) in [5.74, 6) is -0.155. The van der Waals surface area contributed by atoms with Crippen LogP contribution in [0.5, 0.6) is 0 Å². The number of aliphatic hydroxyl groups is 1. The van der Waals surface area contributed by atoms with Crippen LogP contribution in [0, 0.1) is 0 Å². The highest BCUT2D eigenvalue weighted by Gasteiger charge is 2.17. The molecular formula is C16H23ClN2O3. The number of aliphatic hydroxyl groups excluding tert-OH is 1. The number of methoxy groups -OCH3 is 1. The van der Waals surface area contributed by atoms with E-state index in [9.17, 15) is 9.90 Å². The third-order valence-corrected chi connectivity index (χ3v) is 4.18. The number of esters is 1. The van der Waals surface area contributed by atoms with Gasteiger partial charge in [-0.1, -0.05) is 0 Å². The van der Waals surface area contributed by atoms with Gasteiger partial charge in [-0.05, 0) is 37.5 Å². The first kappa shape index (κ1) is 16.9. The summed E-state index contributed by atoms with van der Waals surface area (Å²) in [6.45, 7) is 2.32. The molecule has 6 heteroatoms. The number of benzene rings is 1. The standard InChI is InChI=1S/C16H23ClN2O3/c1-22-16(21)12-5-6-14(18-11-13(20)10-17)15(9-12)19-7-3-2-4-8-19/h5-6,9,13,18,20H,2-4,7-8,10-11H2,1H3. The first-order chi connectivity index (χ1) is 10.7. The lowest BCUT2D eigenvalue weighted by Crippen LogP contribution is -2.31. The van der Waals surface area contributed by atoms with Crippen LogP contribution in [-0.2, 0) is 4.74 Å². The molecule has 2 rings (SSSR count). The Bertz CT molecular complexity index is 504. The number of rotatable bonds is 6. The second-order valence-corrected chi connectivity index (χ2v) is 5.77. The van der Waals surface area contributed by atoms with E-state index in [0.29, 0.717) is 12.1 Å². The molecule has 0 amide bonds. The molecule has 1 fully saturated rings. The van der Waals surface area contributed by atoms with Crippen molar-refractivity contribution in [1.29, 1.82) is 0 Å². The fraction of sp³-hybridized carbons (Fsp3) is 0.562. The molecule has 1 atom stereocenters. The lowest BCUT2D eigenvalue weighted by molar-refractivity contribution is 0.0601. The largest absolute Gasteiger partial charge is 0.465 e. The fourth-order valence-electron chi connectivity index (χ4n) is 2.60. The number of carbonyl (C=O) groups is 1. The second-order valence-electron chi connectivity index (χ2n) is 5.46. The number of hydrogen-bond acceptors (Lipinski definition) is 5. The maximum Gasteiger partial charge on any atom is 0.337 e. The van der Waals surface area contributed by atoms with Gasteiger partial charge in [0, 0.05) is 19.6 Å². The number of hydrogen-bond donors (Lipinski definition) is 2. The fourth-order valence-corrected chi connectivity index (χ4v) is 2.71. The molecule has 1 aromatic rings. The predicted octanol–water partition coefficient (Wildman–Crippen LogP) is 2.48. The van der Waals surface area contributed by atoms with Crippen molar-refractivity contribution in [2.24, 2.45) is 0 Å². The van der Waals surface area contributed by atoms with Gasteiger partial charge in [0.2, 0.25) is 0 Å². The van der Waals surface area contributed by atoms with Gasteiger partial charge in [-0.2, -0.15) is 0 Å². The predicted molar refractivity (Wildman–Crippen MR) is 89.1 cm³/mol. The molecule has 2 N–H and O–H groups in total. The molecule has 0 aromatic heterocycles. The minimum Gasteiger partial charge on any atom is -0.465 e. The van der Waals surface area contributed by atoms with Crippen molar-refractivity contribution in [3.63, 3.8) is 0 Å². The molecule has 1 aromatic carbocycles. The summed E-state index contributed by atoms with van der Waals surface area (Å²) in [4.78, 5) is 14.0. The molecule has 5 nitrogen and oxygen atoms in total. The van der Waals surface area contributed by atoms with Crippen molar-refractivity contribution >= 4 is 28.9 Å². The number of ether oxygens (including phenoxy) is 1. The average Bonchev–Trinajstić information content (AvgIpc) is 2.59. The van der Waals surface area contributed by atoms with Crippen molar-refractivity contribution in [2.75, 3.05) is 42.8 Å². The van der Waals surface area contributed by atoms with E-state index < -0.39 is 6.10 Å². The number of anilines is 2. The molecule has 1 heterocycles. The molecule has 1 saturated heterocycles. The summed E-state index contributed by atoms with van der Waals surface area (Å²) in [5.41, 5.74) is 2.41. The van der Waals surface area contributed by atoms with Crippen molar-refractivity contribution in [3.8, 4) is 0 Å². The summed E-state index contributed by atoms with van der Waals surface area (Å²) in [6.07, 6.45) is 2.93. The Labute approximate surface area is 136 Å². The van der Waals surface area contributed by atoms with E-state index >= 15 is 0 Å². The third kappa shape index (κ3) is 4.27. The lowest BCUT2D eigenvalue weighted by Gasteiger charge is -2.31. The van der Waals surface area contributed by atoms with Gasteiger partial charge < -0.3 is 20.1 Å². The monoisotopic (exact) mass is 326 g/mol. The molecular weight excluding hydrogens is 304 g/mol. The summed E-state index contributed by atoms with van der Waals surface area (Å²) < 4.78 is 4.80. The van der Waals surface area contributed by atoms with Crippen molar-refractivity contribution in [2.45, 2.75) is 25.4 Å². The second kappa shape index (κ2) is 8.25. The van der Waals surface area contributed by atoms with Crippen LogP contribution in [0.25, 0.3) is 0 Å². The number of piperidine rings is 1. The van der Waals surface area contributed by atoms with E-state index in [1.807, 2.05) is 12.1 Å². The van der Waals surface area contributed by atoms with E-state index in [1.165, 1.54) is 13.5 Å².